The molecule has 3 atom stereocenters. The van der Waals surface area contributed by atoms with Crippen LogP contribution in [-0.4, -0.2) is 42.9 Å². The zero-order chi connectivity index (χ0) is 6.15. The maximum absolute atomic E-state index is 8.77. The predicted octanol–water partition coefficient (Wildman–Crippen LogP) is -1.77. The first-order valence-corrected chi connectivity index (χ1v) is 2.45. The molecule has 1 fully saturated rings. The van der Waals surface area contributed by atoms with Crippen LogP contribution in [0.15, 0.2) is 0 Å². The molecule has 3 unspecified atom stereocenters. The van der Waals surface area contributed by atoms with E-state index in [2.05, 4.69) is 4.74 Å². The summed E-state index contributed by atoms with van der Waals surface area (Å²) in [6.45, 7) is 0.141. The topological polar surface area (TPSA) is 49.7 Å². The normalized spacial score (nSPS) is 47.5. The molecule has 1 heterocycles. The fraction of sp³-hybridized carbons (Fsp3) is 1.00. The van der Waals surface area contributed by atoms with Gasteiger partial charge in [-0.15, -0.1) is 0 Å². The number of hydrogen-bond donors (Lipinski definition) is 2. The minimum absolute atomic E-state index is 0.141. The van der Waals surface area contributed by atoms with Crippen molar-refractivity contribution in [2.24, 2.45) is 0 Å². The van der Waals surface area contributed by atoms with Crippen LogP contribution < -0.4 is 0 Å². The lowest BCUT2D eigenvalue weighted by Crippen LogP contribution is -2.29. The van der Waals surface area contributed by atoms with Gasteiger partial charge in [-0.1, -0.05) is 0 Å². The first-order valence-electron chi connectivity index (χ1n) is 2.45. The molecule has 0 bridgehead atoms. The number of ether oxygens (including phenoxy) is 1. The van der Waals surface area contributed by atoms with Crippen LogP contribution in [0, 0.1) is 0 Å². The monoisotopic (exact) mass is 114 g/mol. The molecule has 3 nitrogen and oxygen atoms in total. The molecule has 44 valence electrons. The summed E-state index contributed by atoms with van der Waals surface area (Å²) in [5.74, 6) is 0. The van der Waals surface area contributed by atoms with E-state index in [1.54, 1.807) is 0 Å². The molecule has 1 saturated heterocycles. The molecule has 0 saturated carbocycles. The van der Waals surface area contributed by atoms with Crippen LogP contribution in [0.2, 0.25) is 0 Å². The zero-order valence-corrected chi connectivity index (χ0v) is 4.32. The average molecular weight is 114 g/mol. The molecule has 0 aliphatic carbocycles. The molecular weight excluding hydrogens is 107 g/mol. The van der Waals surface area contributed by atoms with Crippen molar-refractivity contribution in [2.45, 2.75) is 18.2 Å². The molecule has 1 aliphatic rings. The maximum Gasteiger partial charge on any atom is 0.112 e. The highest BCUT2D eigenvalue weighted by atomic mass is 16.5. The molecule has 8 heavy (non-hydrogen) atoms. The molecule has 1 rings (SSSR count). The second-order valence-electron chi connectivity index (χ2n) is 1.86. The van der Waals surface area contributed by atoms with E-state index in [9.17, 15) is 0 Å². The highest BCUT2D eigenvalue weighted by Gasteiger charge is 2.29. The van der Waals surface area contributed by atoms with Gasteiger partial charge >= 0.3 is 0 Å². The Labute approximate surface area is 48.7 Å². The summed E-state index contributed by atoms with van der Waals surface area (Å²) in [6.07, 6.45) is -1.71. The zero-order valence-electron chi connectivity index (χ0n) is 4.32. The van der Waals surface area contributed by atoms with Gasteiger partial charge in [-0.3, -0.25) is 0 Å². The Balaban J connectivity index is 2.44. The van der Waals surface area contributed by atoms with Crippen LogP contribution in [0.4, 0.5) is 0 Å². The Morgan fingerprint density at radius 2 is 2.12 bits per heavy atom. The van der Waals surface area contributed by atoms with E-state index < -0.39 is 18.2 Å². The van der Waals surface area contributed by atoms with Crippen LogP contribution in [-0.2, 0) is 4.74 Å². The van der Waals surface area contributed by atoms with Gasteiger partial charge in [0.2, 0.25) is 0 Å². The Hall–Kier alpha value is -0.0551. The SMILES string of the molecule is [B]C1OCC(O)C1O. The van der Waals surface area contributed by atoms with Crippen LogP contribution in [0.25, 0.3) is 0 Å². The van der Waals surface area contributed by atoms with Gasteiger partial charge < -0.3 is 14.9 Å². The molecule has 0 amide bonds. The van der Waals surface area contributed by atoms with E-state index in [1.807, 2.05) is 0 Å². The number of aliphatic hydroxyl groups is 2. The van der Waals surface area contributed by atoms with Crippen LogP contribution >= 0.6 is 0 Å². The third-order valence-electron chi connectivity index (χ3n) is 1.19. The molecule has 2 radical (unpaired) electrons. The summed E-state index contributed by atoms with van der Waals surface area (Å²) in [4.78, 5) is 0. The summed E-state index contributed by atoms with van der Waals surface area (Å²) in [5.41, 5.74) is 0. The number of aliphatic hydroxyl groups excluding tert-OH is 2. The molecule has 4 heteroatoms. The molecule has 2 N–H and O–H groups in total. The molecular formula is C4H7BO3. The second-order valence-corrected chi connectivity index (χ2v) is 1.86. The molecule has 1 aliphatic heterocycles. The highest BCUT2D eigenvalue weighted by molar-refractivity contribution is 6.11. The van der Waals surface area contributed by atoms with Crippen molar-refractivity contribution >= 4 is 7.85 Å². The van der Waals surface area contributed by atoms with Gasteiger partial charge in [-0.25, -0.2) is 0 Å². The fourth-order valence-electron chi connectivity index (χ4n) is 0.626. The lowest BCUT2D eigenvalue weighted by Gasteiger charge is -2.07. The standard InChI is InChI=1S/C4H7BO3/c5-4-3(7)2(6)1-8-4/h2-4,6-7H,1H2. The van der Waals surface area contributed by atoms with E-state index in [0.29, 0.717) is 0 Å². The molecule has 0 spiro atoms. The van der Waals surface area contributed by atoms with Gasteiger partial charge in [-0.2, -0.15) is 0 Å². The first kappa shape index (κ1) is 6.07. The van der Waals surface area contributed by atoms with Gasteiger partial charge in [-0.05, 0) is 0 Å². The first-order chi connectivity index (χ1) is 3.72. The smallest absolute Gasteiger partial charge is 0.112 e. The Kier molecular flexibility index (Phi) is 1.55. The highest BCUT2D eigenvalue weighted by Crippen LogP contribution is 2.09. The molecule has 0 aromatic rings. The van der Waals surface area contributed by atoms with Gasteiger partial charge in [0.1, 0.15) is 14.0 Å². The Morgan fingerprint density at radius 1 is 1.50 bits per heavy atom. The quantitative estimate of drug-likeness (QED) is 0.366. The minimum atomic E-state index is -0.907. The number of rotatable bonds is 0. The van der Waals surface area contributed by atoms with E-state index in [0.717, 1.165) is 0 Å². The summed E-state index contributed by atoms with van der Waals surface area (Å²) in [6, 6.07) is -0.704. The van der Waals surface area contributed by atoms with Crippen molar-refractivity contribution in [3.05, 3.63) is 0 Å². The fourth-order valence-corrected chi connectivity index (χ4v) is 0.626. The van der Waals surface area contributed by atoms with Gasteiger partial charge in [0, 0.05) is 6.00 Å². The predicted molar refractivity (Wildman–Crippen MR) is 27.5 cm³/mol. The average Bonchev–Trinajstić information content (AvgIpc) is 1.98. The van der Waals surface area contributed by atoms with Crippen LogP contribution in [0.3, 0.4) is 0 Å². The van der Waals surface area contributed by atoms with Crippen molar-refractivity contribution in [1.82, 2.24) is 0 Å². The summed E-state index contributed by atoms with van der Waals surface area (Å²) < 4.78 is 4.66. The van der Waals surface area contributed by atoms with Gasteiger partial charge in [0.05, 0.1) is 12.7 Å². The summed E-state index contributed by atoms with van der Waals surface area (Å²) in [7, 11) is 5.14. The largest absolute Gasteiger partial charge is 0.388 e. The number of hydrogen-bond acceptors (Lipinski definition) is 3. The third kappa shape index (κ3) is 0.867. The Morgan fingerprint density at radius 3 is 2.25 bits per heavy atom. The van der Waals surface area contributed by atoms with E-state index in [-0.39, 0.29) is 6.61 Å². The minimum Gasteiger partial charge on any atom is -0.388 e. The molecule has 0 aromatic carbocycles. The van der Waals surface area contributed by atoms with Gasteiger partial charge in [0.15, 0.2) is 0 Å². The van der Waals surface area contributed by atoms with Gasteiger partial charge in [0.25, 0.3) is 0 Å². The van der Waals surface area contributed by atoms with Crippen LogP contribution in [0.1, 0.15) is 0 Å². The van der Waals surface area contributed by atoms with E-state index in [4.69, 9.17) is 18.1 Å². The third-order valence-corrected chi connectivity index (χ3v) is 1.19. The van der Waals surface area contributed by atoms with E-state index >= 15 is 0 Å². The van der Waals surface area contributed by atoms with Crippen molar-refractivity contribution in [3.8, 4) is 0 Å². The van der Waals surface area contributed by atoms with Crippen molar-refractivity contribution in [3.63, 3.8) is 0 Å². The van der Waals surface area contributed by atoms with Crippen molar-refractivity contribution in [1.29, 1.82) is 0 Å². The lowest BCUT2D eigenvalue weighted by molar-refractivity contribution is 0.0502. The summed E-state index contributed by atoms with van der Waals surface area (Å²) >= 11 is 0. The summed E-state index contributed by atoms with van der Waals surface area (Å²) in [5, 5.41) is 17.5. The van der Waals surface area contributed by atoms with Crippen LogP contribution in [0.5, 0.6) is 0 Å². The Bertz CT molecular complexity index is 77.4. The maximum atomic E-state index is 8.77. The second kappa shape index (κ2) is 2.05. The van der Waals surface area contributed by atoms with E-state index in [1.165, 1.54) is 0 Å². The lowest BCUT2D eigenvalue weighted by atomic mass is 9.94. The van der Waals surface area contributed by atoms with Crippen molar-refractivity contribution < 1.29 is 14.9 Å². The van der Waals surface area contributed by atoms with Crippen molar-refractivity contribution in [2.75, 3.05) is 6.61 Å². The molecule has 0 aromatic heterocycles.